The summed E-state index contributed by atoms with van der Waals surface area (Å²) in [5, 5.41) is 0. The van der Waals surface area contributed by atoms with Gasteiger partial charge >= 0.3 is 0 Å². The Kier molecular flexibility index (Phi) is 2.22. The van der Waals surface area contributed by atoms with Crippen molar-refractivity contribution < 1.29 is 9.53 Å². The van der Waals surface area contributed by atoms with E-state index < -0.39 is 0 Å². The quantitative estimate of drug-likeness (QED) is 0.597. The molecule has 0 spiro atoms. The first-order valence-electron chi connectivity index (χ1n) is 4.29. The highest BCUT2D eigenvalue weighted by Crippen LogP contribution is 2.31. The maximum atomic E-state index is 11.4. The largest absolute Gasteiger partial charge is 0.496 e. The standard InChI is InChI=1S/C9H11BrO2/c10-6-4-7-8(11)2-1-3-9(7)12-5-6/h6H,1-5H2. The number of hydrogen-bond acceptors (Lipinski definition) is 2. The van der Waals surface area contributed by atoms with Crippen LogP contribution in [0.15, 0.2) is 11.3 Å². The van der Waals surface area contributed by atoms with Gasteiger partial charge in [0.15, 0.2) is 5.78 Å². The van der Waals surface area contributed by atoms with Gasteiger partial charge in [-0.1, -0.05) is 15.9 Å². The first kappa shape index (κ1) is 8.30. The summed E-state index contributed by atoms with van der Waals surface area (Å²) in [6.07, 6.45) is 3.49. The van der Waals surface area contributed by atoms with Crippen molar-refractivity contribution in [2.45, 2.75) is 30.5 Å². The molecule has 1 atom stereocenters. The number of Topliss-reactive ketones (excluding diaryl/α,β-unsaturated/α-hetero) is 1. The third-order valence-corrected chi connectivity index (χ3v) is 2.93. The van der Waals surface area contributed by atoms with Crippen molar-refractivity contribution >= 4 is 21.7 Å². The van der Waals surface area contributed by atoms with Gasteiger partial charge in [-0.25, -0.2) is 0 Å². The molecule has 0 bridgehead atoms. The first-order chi connectivity index (χ1) is 5.77. The summed E-state index contributed by atoms with van der Waals surface area (Å²) >= 11 is 3.47. The zero-order chi connectivity index (χ0) is 8.55. The average molecular weight is 231 g/mol. The average Bonchev–Trinajstić information content (AvgIpc) is 2.07. The molecule has 0 amide bonds. The molecule has 2 nitrogen and oxygen atoms in total. The van der Waals surface area contributed by atoms with Gasteiger partial charge in [0.05, 0.1) is 4.83 Å². The van der Waals surface area contributed by atoms with Crippen molar-refractivity contribution in [1.82, 2.24) is 0 Å². The maximum Gasteiger partial charge on any atom is 0.162 e. The molecular formula is C9H11BrO2. The van der Waals surface area contributed by atoms with Crippen LogP contribution < -0.4 is 0 Å². The molecule has 1 aliphatic carbocycles. The molecular weight excluding hydrogens is 220 g/mol. The van der Waals surface area contributed by atoms with Crippen LogP contribution >= 0.6 is 15.9 Å². The zero-order valence-corrected chi connectivity index (χ0v) is 8.39. The van der Waals surface area contributed by atoms with Crippen molar-refractivity contribution in [3.05, 3.63) is 11.3 Å². The Hall–Kier alpha value is -0.310. The van der Waals surface area contributed by atoms with E-state index in [9.17, 15) is 4.79 Å². The zero-order valence-electron chi connectivity index (χ0n) is 6.81. The Bertz CT molecular complexity index is 245. The molecule has 66 valence electrons. The Morgan fingerprint density at radius 2 is 2.25 bits per heavy atom. The summed E-state index contributed by atoms with van der Waals surface area (Å²) in [5.74, 6) is 1.25. The van der Waals surface area contributed by atoms with Gasteiger partial charge in [-0.3, -0.25) is 4.79 Å². The number of hydrogen-bond donors (Lipinski definition) is 0. The molecule has 0 N–H and O–H groups in total. The minimum atomic E-state index is 0.292. The highest BCUT2D eigenvalue weighted by Gasteiger charge is 2.27. The summed E-state index contributed by atoms with van der Waals surface area (Å²) in [7, 11) is 0. The van der Waals surface area contributed by atoms with Crippen LogP contribution in [0.4, 0.5) is 0 Å². The Morgan fingerprint density at radius 3 is 3.08 bits per heavy atom. The van der Waals surface area contributed by atoms with Crippen LogP contribution in [0, 0.1) is 0 Å². The lowest BCUT2D eigenvalue weighted by molar-refractivity contribution is -0.116. The van der Waals surface area contributed by atoms with Crippen LogP contribution in [-0.2, 0) is 9.53 Å². The normalized spacial score (nSPS) is 29.8. The molecule has 3 heteroatoms. The Labute approximate surface area is 80.1 Å². The molecule has 0 aromatic carbocycles. The van der Waals surface area contributed by atoms with Crippen molar-refractivity contribution in [1.29, 1.82) is 0 Å². The fraction of sp³-hybridized carbons (Fsp3) is 0.667. The number of carbonyl (C=O) groups is 1. The summed E-state index contributed by atoms with van der Waals surface area (Å²) in [5.41, 5.74) is 0.939. The molecule has 0 saturated heterocycles. The number of carbonyl (C=O) groups excluding carboxylic acids is 1. The predicted molar refractivity (Wildman–Crippen MR) is 49.2 cm³/mol. The molecule has 1 unspecified atom stereocenters. The summed E-state index contributed by atoms with van der Waals surface area (Å²) in [6.45, 7) is 0.714. The molecule has 1 heterocycles. The predicted octanol–water partition coefficient (Wildman–Crippen LogP) is 2.18. The summed E-state index contributed by atoms with van der Waals surface area (Å²) in [4.78, 5) is 11.7. The molecule has 0 aromatic heterocycles. The van der Waals surface area contributed by atoms with Gasteiger partial charge in [0, 0.05) is 18.4 Å². The van der Waals surface area contributed by atoms with Crippen LogP contribution in [0.25, 0.3) is 0 Å². The first-order valence-corrected chi connectivity index (χ1v) is 5.21. The second-order valence-corrected chi connectivity index (χ2v) is 4.59. The minimum Gasteiger partial charge on any atom is -0.496 e. The van der Waals surface area contributed by atoms with Crippen LogP contribution in [0.3, 0.4) is 0 Å². The van der Waals surface area contributed by atoms with Gasteiger partial charge in [-0.05, 0) is 12.8 Å². The third-order valence-electron chi connectivity index (χ3n) is 2.34. The van der Waals surface area contributed by atoms with Crippen LogP contribution in [-0.4, -0.2) is 17.2 Å². The van der Waals surface area contributed by atoms with Crippen molar-refractivity contribution in [2.24, 2.45) is 0 Å². The molecule has 0 aromatic rings. The number of halogens is 1. The monoisotopic (exact) mass is 230 g/mol. The molecule has 0 fully saturated rings. The van der Waals surface area contributed by atoms with Crippen molar-refractivity contribution in [2.75, 3.05) is 6.61 Å². The molecule has 0 saturated carbocycles. The number of allylic oxidation sites excluding steroid dienone is 2. The van der Waals surface area contributed by atoms with E-state index in [4.69, 9.17) is 4.74 Å². The van der Waals surface area contributed by atoms with Gasteiger partial charge in [0.2, 0.25) is 0 Å². The summed E-state index contributed by atoms with van der Waals surface area (Å²) in [6, 6.07) is 0. The lowest BCUT2D eigenvalue weighted by Gasteiger charge is -2.26. The third kappa shape index (κ3) is 1.42. The highest BCUT2D eigenvalue weighted by atomic mass is 79.9. The highest BCUT2D eigenvalue weighted by molar-refractivity contribution is 9.09. The van der Waals surface area contributed by atoms with Crippen molar-refractivity contribution in [3.63, 3.8) is 0 Å². The lowest BCUT2D eigenvalue weighted by Crippen LogP contribution is -2.24. The maximum absolute atomic E-state index is 11.4. The molecule has 12 heavy (non-hydrogen) atoms. The fourth-order valence-electron chi connectivity index (χ4n) is 1.73. The minimum absolute atomic E-state index is 0.292. The van der Waals surface area contributed by atoms with E-state index in [2.05, 4.69) is 15.9 Å². The summed E-state index contributed by atoms with van der Waals surface area (Å²) < 4.78 is 5.48. The Balaban J connectivity index is 2.25. The molecule has 2 aliphatic rings. The van der Waals surface area contributed by atoms with Crippen molar-refractivity contribution in [3.8, 4) is 0 Å². The van der Waals surface area contributed by atoms with Crippen LogP contribution in [0.1, 0.15) is 25.7 Å². The van der Waals surface area contributed by atoms with E-state index in [0.717, 1.165) is 30.6 Å². The van der Waals surface area contributed by atoms with Gasteiger partial charge < -0.3 is 4.74 Å². The van der Waals surface area contributed by atoms with Crippen LogP contribution in [0.5, 0.6) is 0 Å². The molecule has 1 aliphatic heterocycles. The van der Waals surface area contributed by atoms with Gasteiger partial charge in [-0.15, -0.1) is 0 Å². The van der Waals surface area contributed by atoms with E-state index >= 15 is 0 Å². The van der Waals surface area contributed by atoms with Gasteiger partial charge in [0.1, 0.15) is 12.4 Å². The van der Waals surface area contributed by atoms with E-state index in [0.29, 0.717) is 23.6 Å². The Morgan fingerprint density at radius 1 is 1.42 bits per heavy atom. The molecule has 2 rings (SSSR count). The number of alkyl halides is 1. The van der Waals surface area contributed by atoms with Crippen LogP contribution in [0.2, 0.25) is 0 Å². The lowest BCUT2D eigenvalue weighted by atomic mass is 9.92. The SMILES string of the molecule is O=C1CCCC2=C1CC(Br)CO2. The number of ketones is 1. The van der Waals surface area contributed by atoms with E-state index in [-0.39, 0.29) is 0 Å². The van der Waals surface area contributed by atoms with Gasteiger partial charge in [-0.2, -0.15) is 0 Å². The molecule has 0 radical (unpaired) electrons. The van der Waals surface area contributed by atoms with Gasteiger partial charge in [0.25, 0.3) is 0 Å². The smallest absolute Gasteiger partial charge is 0.162 e. The fourth-order valence-corrected chi connectivity index (χ4v) is 2.18. The van der Waals surface area contributed by atoms with E-state index in [1.54, 1.807) is 0 Å². The van der Waals surface area contributed by atoms with E-state index in [1.165, 1.54) is 0 Å². The number of rotatable bonds is 0. The topological polar surface area (TPSA) is 26.3 Å². The number of ether oxygens (including phenoxy) is 1. The second kappa shape index (κ2) is 3.21. The second-order valence-electron chi connectivity index (χ2n) is 3.29. The van der Waals surface area contributed by atoms with E-state index in [1.807, 2.05) is 0 Å².